The largest absolute Gasteiger partial charge is 0.495 e. The standard InChI is InChI=1S/C17H23BrClNO/c1-3-4-20-16(12-6-10-5-11(10)7-12)14-8-13(19)9-15(18)17(14)21-2/h8-12,16,20H,3-7H2,1-2H3. The molecule has 4 heteroatoms. The number of rotatable bonds is 6. The molecule has 2 fully saturated rings. The molecule has 0 saturated heterocycles. The Morgan fingerprint density at radius 1 is 1.33 bits per heavy atom. The van der Waals surface area contributed by atoms with E-state index >= 15 is 0 Å². The number of hydrogen-bond acceptors (Lipinski definition) is 2. The molecule has 0 radical (unpaired) electrons. The van der Waals surface area contributed by atoms with Crippen LogP contribution in [0.2, 0.25) is 5.02 Å². The Labute approximate surface area is 140 Å². The first-order chi connectivity index (χ1) is 10.1. The van der Waals surface area contributed by atoms with E-state index in [9.17, 15) is 0 Å². The van der Waals surface area contributed by atoms with Gasteiger partial charge in [-0.1, -0.05) is 18.5 Å². The molecule has 3 rings (SSSR count). The first-order valence-electron chi connectivity index (χ1n) is 7.90. The molecular weight excluding hydrogens is 350 g/mol. The van der Waals surface area contributed by atoms with Crippen molar-refractivity contribution in [2.75, 3.05) is 13.7 Å². The summed E-state index contributed by atoms with van der Waals surface area (Å²) in [7, 11) is 1.74. The Hall–Kier alpha value is -0.250. The lowest BCUT2D eigenvalue weighted by atomic mass is 9.88. The molecule has 0 amide bonds. The average Bonchev–Trinajstić information content (AvgIpc) is 3.05. The van der Waals surface area contributed by atoms with E-state index in [0.717, 1.165) is 40.0 Å². The Morgan fingerprint density at radius 3 is 2.67 bits per heavy atom. The molecule has 2 aliphatic rings. The predicted octanol–water partition coefficient (Wildman–Crippen LogP) is 5.20. The summed E-state index contributed by atoms with van der Waals surface area (Å²) in [4.78, 5) is 0. The predicted molar refractivity (Wildman–Crippen MR) is 91.1 cm³/mol. The van der Waals surface area contributed by atoms with Crippen LogP contribution in [-0.2, 0) is 0 Å². The van der Waals surface area contributed by atoms with Gasteiger partial charge in [-0.2, -0.15) is 0 Å². The van der Waals surface area contributed by atoms with E-state index in [4.69, 9.17) is 16.3 Å². The van der Waals surface area contributed by atoms with Gasteiger partial charge in [0.15, 0.2) is 0 Å². The van der Waals surface area contributed by atoms with Gasteiger partial charge in [0.05, 0.1) is 11.6 Å². The molecule has 0 spiro atoms. The molecule has 2 saturated carbocycles. The Bertz CT molecular complexity index is 512. The van der Waals surface area contributed by atoms with Crippen molar-refractivity contribution in [2.45, 2.75) is 38.6 Å². The smallest absolute Gasteiger partial charge is 0.137 e. The first-order valence-corrected chi connectivity index (χ1v) is 9.07. The van der Waals surface area contributed by atoms with Crippen molar-refractivity contribution in [1.82, 2.24) is 5.32 Å². The third-order valence-electron chi connectivity index (χ3n) is 4.94. The van der Waals surface area contributed by atoms with Gasteiger partial charge >= 0.3 is 0 Å². The molecule has 21 heavy (non-hydrogen) atoms. The summed E-state index contributed by atoms with van der Waals surface area (Å²) in [5.74, 6) is 3.59. The average molecular weight is 373 g/mol. The maximum atomic E-state index is 6.29. The highest BCUT2D eigenvalue weighted by molar-refractivity contribution is 9.10. The minimum atomic E-state index is 0.350. The second kappa shape index (κ2) is 6.47. The fourth-order valence-electron chi connectivity index (χ4n) is 3.89. The van der Waals surface area contributed by atoms with Gasteiger partial charge in [0, 0.05) is 16.6 Å². The van der Waals surface area contributed by atoms with E-state index in [2.05, 4.69) is 34.2 Å². The van der Waals surface area contributed by atoms with Gasteiger partial charge in [0.1, 0.15) is 5.75 Å². The van der Waals surface area contributed by atoms with E-state index in [1.807, 2.05) is 6.07 Å². The number of hydrogen-bond donors (Lipinski definition) is 1. The van der Waals surface area contributed by atoms with Gasteiger partial charge in [-0.3, -0.25) is 0 Å². The molecule has 0 aliphatic heterocycles. The summed E-state index contributed by atoms with van der Waals surface area (Å²) < 4.78 is 6.59. The minimum Gasteiger partial charge on any atom is -0.495 e. The zero-order valence-electron chi connectivity index (χ0n) is 12.7. The van der Waals surface area contributed by atoms with E-state index in [1.54, 1.807) is 7.11 Å². The molecule has 2 aliphatic carbocycles. The van der Waals surface area contributed by atoms with Gasteiger partial charge in [-0.25, -0.2) is 0 Å². The van der Waals surface area contributed by atoms with E-state index in [-0.39, 0.29) is 0 Å². The molecule has 116 valence electrons. The van der Waals surface area contributed by atoms with E-state index in [0.29, 0.717) is 12.0 Å². The Kier molecular flexibility index (Phi) is 4.82. The minimum absolute atomic E-state index is 0.350. The van der Waals surface area contributed by atoms with Crippen molar-refractivity contribution < 1.29 is 4.74 Å². The number of benzene rings is 1. The van der Waals surface area contributed by atoms with Crippen molar-refractivity contribution in [3.8, 4) is 5.75 Å². The summed E-state index contributed by atoms with van der Waals surface area (Å²) in [6.45, 7) is 3.24. The zero-order chi connectivity index (χ0) is 15.0. The van der Waals surface area contributed by atoms with Crippen LogP contribution in [-0.4, -0.2) is 13.7 Å². The van der Waals surface area contributed by atoms with Gasteiger partial charge in [-0.05, 0) is 78.0 Å². The van der Waals surface area contributed by atoms with Crippen LogP contribution in [0.5, 0.6) is 5.75 Å². The van der Waals surface area contributed by atoms with Crippen molar-refractivity contribution in [1.29, 1.82) is 0 Å². The third kappa shape index (κ3) is 3.25. The topological polar surface area (TPSA) is 21.3 Å². The maximum Gasteiger partial charge on any atom is 0.137 e. The van der Waals surface area contributed by atoms with Crippen LogP contribution >= 0.6 is 27.5 Å². The van der Waals surface area contributed by atoms with Crippen LogP contribution in [0.15, 0.2) is 16.6 Å². The third-order valence-corrected chi connectivity index (χ3v) is 5.75. The second-order valence-corrected chi connectivity index (χ2v) is 7.72. The van der Waals surface area contributed by atoms with Crippen LogP contribution < -0.4 is 10.1 Å². The van der Waals surface area contributed by atoms with E-state index < -0.39 is 0 Å². The molecule has 3 atom stereocenters. The van der Waals surface area contributed by atoms with Crippen molar-refractivity contribution in [3.63, 3.8) is 0 Å². The molecule has 2 nitrogen and oxygen atoms in total. The second-order valence-electron chi connectivity index (χ2n) is 6.43. The number of fused-ring (bicyclic) bond motifs is 1. The lowest BCUT2D eigenvalue weighted by Crippen LogP contribution is -2.29. The highest BCUT2D eigenvalue weighted by Crippen LogP contribution is 2.57. The van der Waals surface area contributed by atoms with Gasteiger partial charge in [0.25, 0.3) is 0 Å². The lowest BCUT2D eigenvalue weighted by Gasteiger charge is -2.28. The van der Waals surface area contributed by atoms with Gasteiger partial charge < -0.3 is 10.1 Å². The monoisotopic (exact) mass is 371 g/mol. The molecule has 1 N–H and O–H groups in total. The van der Waals surface area contributed by atoms with Crippen LogP contribution in [0, 0.1) is 17.8 Å². The van der Waals surface area contributed by atoms with Crippen molar-refractivity contribution >= 4 is 27.5 Å². The molecular formula is C17H23BrClNO. The number of methoxy groups -OCH3 is 1. The molecule has 1 aromatic carbocycles. The fourth-order valence-corrected chi connectivity index (χ4v) is 4.89. The summed E-state index contributed by atoms with van der Waals surface area (Å²) >= 11 is 9.87. The fraction of sp³-hybridized carbons (Fsp3) is 0.647. The zero-order valence-corrected chi connectivity index (χ0v) is 15.0. The van der Waals surface area contributed by atoms with Crippen LogP contribution in [0.1, 0.15) is 44.2 Å². The van der Waals surface area contributed by atoms with Crippen LogP contribution in [0.3, 0.4) is 0 Å². The van der Waals surface area contributed by atoms with Crippen LogP contribution in [0.25, 0.3) is 0 Å². The summed E-state index contributed by atoms with van der Waals surface area (Å²) in [5, 5.41) is 4.51. The molecule has 1 aromatic rings. The van der Waals surface area contributed by atoms with E-state index in [1.165, 1.54) is 24.8 Å². The molecule has 3 unspecified atom stereocenters. The highest BCUT2D eigenvalue weighted by Gasteiger charge is 2.48. The van der Waals surface area contributed by atoms with Gasteiger partial charge in [0.2, 0.25) is 0 Å². The summed E-state index contributed by atoms with van der Waals surface area (Å²) in [5.41, 5.74) is 1.21. The normalized spacial score (nSPS) is 28.3. The molecule has 0 bridgehead atoms. The highest BCUT2D eigenvalue weighted by atomic mass is 79.9. The van der Waals surface area contributed by atoms with Crippen LogP contribution in [0.4, 0.5) is 0 Å². The number of halogens is 2. The molecule has 0 heterocycles. The Balaban J connectivity index is 1.91. The van der Waals surface area contributed by atoms with Crippen molar-refractivity contribution in [3.05, 3.63) is 27.2 Å². The maximum absolute atomic E-state index is 6.29. The number of nitrogens with one attached hydrogen (secondary N) is 1. The SMILES string of the molecule is CCCNC(c1cc(Cl)cc(Br)c1OC)C1CC2CC2C1. The first kappa shape index (κ1) is 15.6. The van der Waals surface area contributed by atoms with Gasteiger partial charge in [-0.15, -0.1) is 0 Å². The summed E-state index contributed by atoms with van der Waals surface area (Å²) in [6, 6.07) is 4.33. The summed E-state index contributed by atoms with van der Waals surface area (Å²) in [6.07, 6.45) is 5.28. The number of ether oxygens (including phenoxy) is 1. The van der Waals surface area contributed by atoms with Crippen molar-refractivity contribution in [2.24, 2.45) is 17.8 Å². The molecule has 0 aromatic heterocycles. The lowest BCUT2D eigenvalue weighted by molar-refractivity contribution is 0.325. The Morgan fingerprint density at radius 2 is 2.05 bits per heavy atom. The quantitative estimate of drug-likeness (QED) is 0.741.